The normalized spacial score (nSPS) is 10.6. The molecule has 0 spiro atoms. The molecule has 28 heavy (non-hydrogen) atoms. The van der Waals surface area contributed by atoms with Crippen molar-refractivity contribution in [2.45, 2.75) is 0 Å². The summed E-state index contributed by atoms with van der Waals surface area (Å²) in [5, 5.41) is 21.4. The molecule has 0 aliphatic rings. The molecular weight excluding hydrogens is 370 g/mol. The number of allylic oxidation sites excluding steroid dienone is 1. The van der Waals surface area contributed by atoms with Crippen molar-refractivity contribution >= 4 is 17.5 Å². The van der Waals surface area contributed by atoms with Gasteiger partial charge < -0.3 is 24.1 Å². The van der Waals surface area contributed by atoms with Gasteiger partial charge in [0, 0.05) is 12.1 Å². The van der Waals surface area contributed by atoms with E-state index in [-0.39, 0.29) is 34.2 Å². The van der Waals surface area contributed by atoms with E-state index in [1.807, 2.05) is 0 Å². The molecule has 0 aliphatic carbocycles. The minimum absolute atomic E-state index is 0.0358. The number of nitrogens with zero attached hydrogens (tertiary/aromatic N) is 1. The van der Waals surface area contributed by atoms with Gasteiger partial charge in [-0.1, -0.05) is 18.2 Å². The number of aromatic hydroxyl groups is 1. The minimum atomic E-state index is -0.625. The molecule has 0 atom stereocenters. The Labute approximate surface area is 160 Å². The summed E-state index contributed by atoms with van der Waals surface area (Å²) in [7, 11) is 5.31. The van der Waals surface area contributed by atoms with Crippen LogP contribution in [0.2, 0.25) is 0 Å². The van der Waals surface area contributed by atoms with Crippen LogP contribution in [0.15, 0.2) is 30.3 Å². The van der Waals surface area contributed by atoms with Crippen LogP contribution in [0, 0.1) is 10.1 Å². The van der Waals surface area contributed by atoms with Gasteiger partial charge in [0.15, 0.2) is 17.3 Å². The first-order chi connectivity index (χ1) is 13.4. The number of carbonyl (C=O) groups is 1. The smallest absolute Gasteiger partial charge is 0.270 e. The molecule has 9 heteroatoms. The molecule has 0 heterocycles. The van der Waals surface area contributed by atoms with Gasteiger partial charge in [0.2, 0.25) is 17.2 Å². The third-order valence-electron chi connectivity index (χ3n) is 3.87. The summed E-state index contributed by atoms with van der Waals surface area (Å²) < 4.78 is 20.8. The number of phenols is 1. The number of ketones is 1. The zero-order chi connectivity index (χ0) is 20.8. The number of hydrogen-bond donors (Lipinski definition) is 1. The Balaban J connectivity index is 2.56. The average Bonchev–Trinajstić information content (AvgIpc) is 2.70. The van der Waals surface area contributed by atoms with Gasteiger partial charge in [-0.25, -0.2) is 0 Å². The average molecular weight is 389 g/mol. The number of ether oxygens (including phenoxy) is 4. The van der Waals surface area contributed by atoms with Gasteiger partial charge >= 0.3 is 0 Å². The summed E-state index contributed by atoms with van der Waals surface area (Å²) in [6.45, 7) is 0. The molecule has 0 radical (unpaired) electrons. The third kappa shape index (κ3) is 3.83. The Bertz CT molecular complexity index is 936. The quantitative estimate of drug-likeness (QED) is 0.316. The van der Waals surface area contributed by atoms with E-state index in [0.717, 1.165) is 6.08 Å². The first kappa shape index (κ1) is 20.6. The number of hydrogen-bond acceptors (Lipinski definition) is 8. The first-order valence-electron chi connectivity index (χ1n) is 7.95. The Morgan fingerprint density at radius 1 is 1.00 bits per heavy atom. The van der Waals surface area contributed by atoms with E-state index in [4.69, 9.17) is 18.9 Å². The van der Waals surface area contributed by atoms with Crippen molar-refractivity contribution < 1.29 is 33.8 Å². The minimum Gasteiger partial charge on any atom is -0.504 e. The number of nitro benzene ring substituents is 1. The molecule has 1 N–H and O–H groups in total. The molecule has 0 bridgehead atoms. The predicted octanol–water partition coefficient (Wildman–Crippen LogP) is 3.23. The molecule has 2 rings (SSSR count). The van der Waals surface area contributed by atoms with Gasteiger partial charge in [-0.05, 0) is 11.6 Å². The second kappa shape index (κ2) is 8.76. The van der Waals surface area contributed by atoms with Gasteiger partial charge in [-0.15, -0.1) is 0 Å². The molecule has 0 aromatic heterocycles. The molecule has 0 saturated carbocycles. The van der Waals surface area contributed by atoms with E-state index in [1.165, 1.54) is 52.7 Å². The van der Waals surface area contributed by atoms with E-state index in [1.54, 1.807) is 6.07 Å². The van der Waals surface area contributed by atoms with E-state index in [0.29, 0.717) is 5.56 Å². The summed E-state index contributed by atoms with van der Waals surface area (Å²) in [6.07, 6.45) is 2.54. The van der Waals surface area contributed by atoms with Crippen LogP contribution < -0.4 is 18.9 Å². The van der Waals surface area contributed by atoms with E-state index in [2.05, 4.69) is 0 Å². The largest absolute Gasteiger partial charge is 0.504 e. The van der Waals surface area contributed by atoms with Gasteiger partial charge in [-0.3, -0.25) is 14.9 Å². The van der Waals surface area contributed by atoms with E-state index in [9.17, 15) is 20.0 Å². The van der Waals surface area contributed by atoms with Gasteiger partial charge in [0.05, 0.1) is 33.4 Å². The Morgan fingerprint density at radius 2 is 1.57 bits per heavy atom. The van der Waals surface area contributed by atoms with Crippen LogP contribution >= 0.6 is 0 Å². The highest BCUT2D eigenvalue weighted by molar-refractivity contribution is 6.12. The van der Waals surface area contributed by atoms with Crippen molar-refractivity contribution in [3.05, 3.63) is 51.6 Å². The molecule has 0 saturated heterocycles. The van der Waals surface area contributed by atoms with Crippen molar-refractivity contribution in [2.24, 2.45) is 0 Å². The second-order valence-electron chi connectivity index (χ2n) is 5.41. The number of nitro groups is 1. The lowest BCUT2D eigenvalue weighted by Crippen LogP contribution is -2.06. The standard InChI is InChI=1S/C19H19NO8/c1-25-16-14(15(22)17(26-2)19(28-4)18(16)27-3)13(21)9-8-11-6-5-7-12(10-11)20(23)24/h5-10,22H,1-4H3/b9-8+. The zero-order valence-corrected chi connectivity index (χ0v) is 15.7. The maximum atomic E-state index is 12.8. The number of methoxy groups -OCH3 is 4. The molecule has 9 nitrogen and oxygen atoms in total. The third-order valence-corrected chi connectivity index (χ3v) is 3.87. The van der Waals surface area contributed by atoms with Gasteiger partial charge in [-0.2, -0.15) is 0 Å². The van der Waals surface area contributed by atoms with Crippen LogP contribution in [0.3, 0.4) is 0 Å². The number of benzene rings is 2. The monoisotopic (exact) mass is 389 g/mol. The van der Waals surface area contributed by atoms with Crippen molar-refractivity contribution in [2.75, 3.05) is 28.4 Å². The predicted molar refractivity (Wildman–Crippen MR) is 101 cm³/mol. The Hall–Kier alpha value is -3.75. The van der Waals surface area contributed by atoms with E-state index >= 15 is 0 Å². The molecule has 148 valence electrons. The summed E-state index contributed by atoms with van der Waals surface area (Å²) in [4.78, 5) is 23.1. The molecule has 2 aromatic carbocycles. The van der Waals surface area contributed by atoms with Crippen molar-refractivity contribution in [3.63, 3.8) is 0 Å². The molecule has 0 unspecified atom stereocenters. The fraction of sp³-hybridized carbons (Fsp3) is 0.211. The number of non-ortho nitro benzene ring substituents is 1. The summed E-state index contributed by atoms with van der Waals surface area (Å²) in [6, 6.07) is 5.76. The van der Waals surface area contributed by atoms with Crippen molar-refractivity contribution in [3.8, 4) is 28.7 Å². The fourth-order valence-electron chi connectivity index (χ4n) is 2.63. The van der Waals surface area contributed by atoms with E-state index < -0.39 is 16.5 Å². The highest BCUT2D eigenvalue weighted by atomic mass is 16.6. The highest BCUT2D eigenvalue weighted by Gasteiger charge is 2.30. The lowest BCUT2D eigenvalue weighted by molar-refractivity contribution is -0.384. The molecule has 0 amide bonds. The Kier molecular flexibility index (Phi) is 6.43. The number of phenolic OH excluding ortho intramolecular Hbond substituents is 1. The first-order valence-corrected chi connectivity index (χ1v) is 7.95. The fourth-order valence-corrected chi connectivity index (χ4v) is 2.63. The molecule has 0 fully saturated rings. The summed E-state index contributed by atoms with van der Waals surface area (Å²) in [5.41, 5.74) is 0.134. The Morgan fingerprint density at radius 3 is 2.11 bits per heavy atom. The van der Waals surface area contributed by atoms with Crippen LogP contribution in [0.1, 0.15) is 15.9 Å². The SMILES string of the molecule is COc1c(O)c(C(=O)/C=C/c2cccc([N+](=O)[O-])c2)c(OC)c(OC)c1OC. The lowest BCUT2D eigenvalue weighted by Gasteiger charge is -2.19. The number of rotatable bonds is 8. The maximum Gasteiger partial charge on any atom is 0.270 e. The van der Waals surface area contributed by atoms with Crippen LogP contribution in [-0.2, 0) is 0 Å². The topological polar surface area (TPSA) is 117 Å². The second-order valence-corrected chi connectivity index (χ2v) is 5.41. The molecular formula is C19H19NO8. The van der Waals surface area contributed by atoms with Gasteiger partial charge in [0.25, 0.3) is 5.69 Å². The van der Waals surface area contributed by atoms with Crippen molar-refractivity contribution in [1.29, 1.82) is 0 Å². The summed E-state index contributed by atoms with van der Waals surface area (Å²) >= 11 is 0. The van der Waals surface area contributed by atoms with Gasteiger partial charge in [0.1, 0.15) is 5.56 Å². The maximum absolute atomic E-state index is 12.8. The van der Waals surface area contributed by atoms with Crippen LogP contribution in [0.5, 0.6) is 28.7 Å². The van der Waals surface area contributed by atoms with Crippen LogP contribution in [0.25, 0.3) is 6.08 Å². The van der Waals surface area contributed by atoms with Crippen LogP contribution in [0.4, 0.5) is 5.69 Å². The van der Waals surface area contributed by atoms with Crippen LogP contribution in [-0.4, -0.2) is 44.3 Å². The van der Waals surface area contributed by atoms with Crippen molar-refractivity contribution in [1.82, 2.24) is 0 Å². The molecule has 2 aromatic rings. The number of carbonyl (C=O) groups excluding carboxylic acids is 1. The molecule has 0 aliphatic heterocycles. The highest BCUT2D eigenvalue weighted by Crippen LogP contribution is 2.53. The lowest BCUT2D eigenvalue weighted by atomic mass is 10.0. The zero-order valence-electron chi connectivity index (χ0n) is 15.7. The summed E-state index contributed by atoms with van der Waals surface area (Å²) in [5.74, 6) is -1.09.